The first-order valence-corrected chi connectivity index (χ1v) is 11.3. The quantitative estimate of drug-likeness (QED) is 0.285. The average Bonchev–Trinajstić information content (AvgIpc) is 3.54. The zero-order chi connectivity index (χ0) is 19.6. The van der Waals surface area contributed by atoms with E-state index in [9.17, 15) is 5.26 Å². The van der Waals surface area contributed by atoms with Gasteiger partial charge in [0.15, 0.2) is 0 Å². The number of hydrogen-bond donors (Lipinski definition) is 0. The summed E-state index contributed by atoms with van der Waals surface area (Å²) in [6.07, 6.45) is 1.94. The van der Waals surface area contributed by atoms with Gasteiger partial charge in [-0.2, -0.15) is 14.0 Å². The van der Waals surface area contributed by atoms with Gasteiger partial charge >= 0.3 is 0 Å². The molecule has 2 aromatic carbocycles. The third-order valence-corrected chi connectivity index (χ3v) is 7.08. The molecule has 0 aliphatic carbocycles. The zero-order valence-corrected chi connectivity index (χ0v) is 17.5. The van der Waals surface area contributed by atoms with E-state index in [0.29, 0.717) is 5.57 Å². The molecule has 3 nitrogen and oxygen atoms in total. The molecule has 138 valence electrons. The van der Waals surface area contributed by atoms with Crippen molar-refractivity contribution in [2.24, 2.45) is 0 Å². The standard InChI is InChI=1S/C23H13N3S3/c24-14-16(15-5-2-1-3-6-15)13-17-8-11-21(28-17)19-10-9-18(20-7-4-12-27-20)22-23(19)26-29-25-22/h1-13H/b16-13+. The number of thiophene rings is 2. The topological polar surface area (TPSA) is 49.6 Å². The molecule has 0 amide bonds. The van der Waals surface area contributed by atoms with Gasteiger partial charge in [0.05, 0.1) is 23.4 Å². The molecule has 0 spiro atoms. The Hall–Kier alpha value is -3.11. The summed E-state index contributed by atoms with van der Waals surface area (Å²) in [5.41, 5.74) is 5.67. The molecule has 3 aromatic heterocycles. The third kappa shape index (κ3) is 3.40. The van der Waals surface area contributed by atoms with E-state index in [1.54, 1.807) is 22.7 Å². The lowest BCUT2D eigenvalue weighted by atomic mass is 10.1. The van der Waals surface area contributed by atoms with E-state index in [4.69, 9.17) is 0 Å². The van der Waals surface area contributed by atoms with Crippen molar-refractivity contribution in [3.8, 4) is 27.0 Å². The number of allylic oxidation sites excluding steroid dienone is 1. The minimum atomic E-state index is 0.660. The average molecular weight is 428 g/mol. The summed E-state index contributed by atoms with van der Waals surface area (Å²) in [5.74, 6) is 0. The van der Waals surface area contributed by atoms with Gasteiger partial charge in [-0.15, -0.1) is 22.7 Å². The molecule has 0 atom stereocenters. The molecule has 3 heterocycles. The summed E-state index contributed by atoms with van der Waals surface area (Å²) < 4.78 is 9.13. The van der Waals surface area contributed by atoms with Gasteiger partial charge < -0.3 is 0 Å². The molecule has 5 rings (SSSR count). The summed E-state index contributed by atoms with van der Waals surface area (Å²) in [6, 6.07) is 24.6. The van der Waals surface area contributed by atoms with Crippen LogP contribution in [0.25, 0.3) is 43.6 Å². The molecule has 0 bridgehead atoms. The lowest BCUT2D eigenvalue weighted by Crippen LogP contribution is -1.81. The highest BCUT2D eigenvalue weighted by molar-refractivity contribution is 7.16. The van der Waals surface area contributed by atoms with E-state index in [2.05, 4.69) is 56.6 Å². The minimum absolute atomic E-state index is 0.660. The molecular formula is C23H13N3S3. The van der Waals surface area contributed by atoms with E-state index >= 15 is 0 Å². The maximum absolute atomic E-state index is 9.57. The van der Waals surface area contributed by atoms with Crippen LogP contribution in [0.3, 0.4) is 0 Å². The lowest BCUT2D eigenvalue weighted by molar-refractivity contribution is 1.52. The van der Waals surface area contributed by atoms with E-state index < -0.39 is 0 Å². The second-order valence-electron chi connectivity index (χ2n) is 6.34. The van der Waals surface area contributed by atoms with Crippen molar-refractivity contribution in [2.45, 2.75) is 0 Å². The summed E-state index contributed by atoms with van der Waals surface area (Å²) in [4.78, 5) is 3.36. The molecule has 0 aliphatic rings. The molecular weight excluding hydrogens is 414 g/mol. The lowest BCUT2D eigenvalue weighted by Gasteiger charge is -2.03. The van der Waals surface area contributed by atoms with Gasteiger partial charge in [0.25, 0.3) is 0 Å². The van der Waals surface area contributed by atoms with Crippen LogP contribution < -0.4 is 0 Å². The minimum Gasteiger partial charge on any atom is -0.192 e. The van der Waals surface area contributed by atoms with Crippen molar-refractivity contribution < 1.29 is 0 Å². The van der Waals surface area contributed by atoms with Gasteiger partial charge in [0.1, 0.15) is 11.0 Å². The Kier molecular flexibility index (Phi) is 4.78. The van der Waals surface area contributed by atoms with Crippen molar-refractivity contribution in [3.05, 3.63) is 82.6 Å². The van der Waals surface area contributed by atoms with E-state index in [-0.39, 0.29) is 0 Å². The fourth-order valence-electron chi connectivity index (χ4n) is 3.21. The maximum Gasteiger partial charge on any atom is 0.114 e. The van der Waals surface area contributed by atoms with Crippen molar-refractivity contribution in [1.82, 2.24) is 8.75 Å². The molecule has 0 saturated heterocycles. The molecule has 0 aliphatic heterocycles. The number of nitriles is 1. The molecule has 0 saturated carbocycles. The van der Waals surface area contributed by atoms with Crippen molar-refractivity contribution in [3.63, 3.8) is 0 Å². The summed E-state index contributed by atoms with van der Waals surface area (Å²) in [5, 5.41) is 11.6. The SMILES string of the molecule is N#C/C(=C\c1ccc(-c2ccc(-c3cccs3)c3nsnc23)s1)c1ccccc1. The van der Waals surface area contributed by atoms with Crippen LogP contribution in [-0.4, -0.2) is 8.75 Å². The predicted molar refractivity (Wildman–Crippen MR) is 124 cm³/mol. The van der Waals surface area contributed by atoms with Crippen LogP contribution in [0.15, 0.2) is 72.1 Å². The van der Waals surface area contributed by atoms with Crippen LogP contribution in [0.5, 0.6) is 0 Å². The number of nitrogens with zero attached hydrogens (tertiary/aromatic N) is 3. The Balaban J connectivity index is 1.56. The smallest absolute Gasteiger partial charge is 0.114 e. The second-order valence-corrected chi connectivity index (χ2v) is 8.93. The summed E-state index contributed by atoms with van der Waals surface area (Å²) in [7, 11) is 0. The maximum atomic E-state index is 9.57. The van der Waals surface area contributed by atoms with Crippen LogP contribution in [0.4, 0.5) is 0 Å². The Morgan fingerprint density at radius 2 is 1.59 bits per heavy atom. The van der Waals surface area contributed by atoms with Gasteiger partial charge in [-0.05, 0) is 35.2 Å². The Bertz CT molecular complexity index is 1350. The highest BCUT2D eigenvalue weighted by atomic mass is 32.1. The molecule has 0 N–H and O–H groups in total. The first-order valence-electron chi connectivity index (χ1n) is 8.90. The largest absolute Gasteiger partial charge is 0.192 e. The number of benzene rings is 2. The molecule has 5 aromatic rings. The fourth-order valence-corrected chi connectivity index (χ4v) is 5.52. The van der Waals surface area contributed by atoms with Crippen LogP contribution in [-0.2, 0) is 0 Å². The normalized spacial score (nSPS) is 11.6. The fraction of sp³-hybridized carbons (Fsp3) is 0. The van der Waals surface area contributed by atoms with Gasteiger partial charge in [-0.3, -0.25) is 0 Å². The van der Waals surface area contributed by atoms with Gasteiger partial charge in [-0.25, -0.2) is 0 Å². The van der Waals surface area contributed by atoms with E-state index in [1.807, 2.05) is 36.4 Å². The van der Waals surface area contributed by atoms with Crippen LogP contribution >= 0.6 is 34.4 Å². The number of fused-ring (bicyclic) bond motifs is 1. The third-order valence-electron chi connectivity index (χ3n) is 4.59. The molecule has 0 radical (unpaired) electrons. The first kappa shape index (κ1) is 18.0. The Morgan fingerprint density at radius 1 is 0.828 bits per heavy atom. The van der Waals surface area contributed by atoms with Gasteiger partial charge in [0, 0.05) is 25.8 Å². The van der Waals surface area contributed by atoms with Gasteiger partial charge in [-0.1, -0.05) is 48.5 Å². The molecule has 29 heavy (non-hydrogen) atoms. The molecule has 6 heteroatoms. The Morgan fingerprint density at radius 3 is 2.28 bits per heavy atom. The summed E-state index contributed by atoms with van der Waals surface area (Å²) >= 11 is 4.61. The Labute approximate surface area is 180 Å². The van der Waals surface area contributed by atoms with Crippen LogP contribution in [0.2, 0.25) is 0 Å². The second kappa shape index (κ2) is 7.72. The molecule has 0 unspecified atom stereocenters. The highest BCUT2D eigenvalue weighted by Gasteiger charge is 2.15. The van der Waals surface area contributed by atoms with E-state index in [0.717, 1.165) is 37.5 Å². The monoisotopic (exact) mass is 427 g/mol. The number of hydrogen-bond acceptors (Lipinski definition) is 6. The van der Waals surface area contributed by atoms with Gasteiger partial charge in [0.2, 0.25) is 0 Å². The van der Waals surface area contributed by atoms with Crippen LogP contribution in [0, 0.1) is 11.3 Å². The number of aromatic nitrogens is 2. The first-order chi connectivity index (χ1) is 14.3. The van der Waals surface area contributed by atoms with Crippen molar-refractivity contribution >= 4 is 57.1 Å². The van der Waals surface area contributed by atoms with Crippen LogP contribution in [0.1, 0.15) is 10.4 Å². The zero-order valence-electron chi connectivity index (χ0n) is 15.1. The molecule has 0 fully saturated rings. The predicted octanol–water partition coefficient (Wildman–Crippen LogP) is 7.21. The van der Waals surface area contributed by atoms with Crippen molar-refractivity contribution in [1.29, 1.82) is 5.26 Å². The summed E-state index contributed by atoms with van der Waals surface area (Å²) in [6.45, 7) is 0. The van der Waals surface area contributed by atoms with Crippen molar-refractivity contribution in [2.75, 3.05) is 0 Å². The highest BCUT2D eigenvalue weighted by Crippen LogP contribution is 2.39. The number of rotatable bonds is 4. The van der Waals surface area contributed by atoms with E-state index in [1.165, 1.54) is 16.6 Å².